The van der Waals surface area contributed by atoms with Crippen molar-refractivity contribution in [1.29, 1.82) is 0 Å². The van der Waals surface area contributed by atoms with Crippen molar-refractivity contribution < 1.29 is 4.79 Å². The first-order chi connectivity index (χ1) is 9.93. The Labute approximate surface area is 132 Å². The number of hydrogen-bond acceptors (Lipinski definition) is 2. The van der Waals surface area contributed by atoms with Gasteiger partial charge in [0.15, 0.2) is 0 Å². The van der Waals surface area contributed by atoms with Crippen LogP contribution in [-0.2, 0) is 0 Å². The molecule has 0 aliphatic rings. The molecule has 21 heavy (non-hydrogen) atoms. The molecule has 0 spiro atoms. The highest BCUT2D eigenvalue weighted by Crippen LogP contribution is 2.16. The van der Waals surface area contributed by atoms with Crippen molar-refractivity contribution in [2.45, 2.75) is 20.3 Å². The number of fused-ring (bicyclic) bond motifs is 1. The molecule has 4 nitrogen and oxygen atoms in total. The predicted molar refractivity (Wildman–Crippen MR) is 88.7 cm³/mol. The number of H-pyrrole nitrogens is 1. The van der Waals surface area contributed by atoms with Gasteiger partial charge < -0.3 is 9.88 Å². The van der Waals surface area contributed by atoms with Crippen LogP contribution >= 0.6 is 15.9 Å². The topological polar surface area (TPSA) is 53.2 Å². The number of nitrogens with one attached hydrogen (secondary N) is 1. The van der Waals surface area contributed by atoms with Crippen molar-refractivity contribution in [2.75, 3.05) is 13.6 Å². The second-order valence-corrected chi connectivity index (χ2v) is 6.34. The van der Waals surface area contributed by atoms with Crippen LogP contribution in [0.4, 0.5) is 0 Å². The van der Waals surface area contributed by atoms with E-state index in [0.717, 1.165) is 16.4 Å². The molecule has 5 heteroatoms. The van der Waals surface area contributed by atoms with Gasteiger partial charge in [-0.15, -0.1) is 0 Å². The molecular weight excluding hydrogens is 332 g/mol. The number of aromatic nitrogens is 1. The Morgan fingerprint density at radius 1 is 1.43 bits per heavy atom. The highest BCUT2D eigenvalue weighted by Gasteiger charge is 2.18. The van der Waals surface area contributed by atoms with Crippen molar-refractivity contribution in [3.8, 4) is 0 Å². The third-order valence-corrected chi connectivity index (χ3v) is 4.20. The van der Waals surface area contributed by atoms with E-state index in [9.17, 15) is 9.59 Å². The molecule has 0 saturated heterocycles. The zero-order chi connectivity index (χ0) is 15.6. The molecule has 1 heterocycles. The van der Waals surface area contributed by atoms with Gasteiger partial charge in [0.2, 0.25) is 5.43 Å². The average Bonchev–Trinajstić information content (AvgIpc) is 2.47. The first-order valence-electron chi connectivity index (χ1n) is 7.00. The Bertz CT molecular complexity index is 724. The zero-order valence-electron chi connectivity index (χ0n) is 12.4. The van der Waals surface area contributed by atoms with Crippen LogP contribution in [-0.4, -0.2) is 29.4 Å². The first kappa shape index (κ1) is 15.8. The minimum atomic E-state index is -0.238. The van der Waals surface area contributed by atoms with Gasteiger partial charge in [-0.3, -0.25) is 9.59 Å². The molecule has 0 unspecified atom stereocenters. The molecule has 2 rings (SSSR count). The summed E-state index contributed by atoms with van der Waals surface area (Å²) in [5, 5.41) is 0.521. The van der Waals surface area contributed by atoms with Crippen LogP contribution in [0.15, 0.2) is 33.7 Å². The Hall–Kier alpha value is -1.62. The molecule has 112 valence electrons. The number of nitrogens with zero attached hydrogens (tertiary/aromatic N) is 1. The standard InChI is InChI=1S/C16H19BrN2O2/c1-4-10(2)9-19(3)16(21)13-8-18-14-6-5-11(17)7-12(14)15(13)20/h5-8,10H,4,9H2,1-3H3,(H,18,20)/t10-/m1/s1. The maximum atomic E-state index is 12.5. The lowest BCUT2D eigenvalue weighted by Gasteiger charge is -2.20. The molecule has 0 aliphatic carbocycles. The summed E-state index contributed by atoms with van der Waals surface area (Å²) in [5.74, 6) is 0.172. The van der Waals surface area contributed by atoms with Crippen LogP contribution in [0.25, 0.3) is 10.9 Å². The number of aromatic amines is 1. The summed E-state index contributed by atoms with van der Waals surface area (Å²) in [4.78, 5) is 29.6. The summed E-state index contributed by atoms with van der Waals surface area (Å²) in [6.07, 6.45) is 2.51. The van der Waals surface area contributed by atoms with Gasteiger partial charge in [0.05, 0.1) is 0 Å². The van der Waals surface area contributed by atoms with Gasteiger partial charge in [-0.05, 0) is 24.1 Å². The van der Waals surface area contributed by atoms with Gasteiger partial charge in [-0.25, -0.2) is 0 Å². The molecule has 2 aromatic rings. The van der Waals surface area contributed by atoms with Crippen LogP contribution in [0, 0.1) is 5.92 Å². The largest absolute Gasteiger partial charge is 0.360 e. The van der Waals surface area contributed by atoms with Crippen molar-refractivity contribution in [2.24, 2.45) is 5.92 Å². The SMILES string of the molecule is CC[C@@H](C)CN(C)C(=O)c1c[nH]c2ccc(Br)cc2c1=O. The second-order valence-electron chi connectivity index (χ2n) is 5.42. The van der Waals surface area contributed by atoms with Crippen LogP contribution in [0.1, 0.15) is 30.6 Å². The number of pyridine rings is 1. The molecule has 1 aromatic heterocycles. The van der Waals surface area contributed by atoms with Crippen LogP contribution in [0.3, 0.4) is 0 Å². The number of carbonyl (C=O) groups excluding carboxylic acids is 1. The fraction of sp³-hybridized carbons (Fsp3) is 0.375. The highest BCUT2D eigenvalue weighted by molar-refractivity contribution is 9.10. The molecule has 1 amide bonds. The summed E-state index contributed by atoms with van der Waals surface area (Å²) in [5.41, 5.74) is 0.682. The van der Waals surface area contributed by atoms with Gasteiger partial charge in [-0.1, -0.05) is 36.2 Å². The monoisotopic (exact) mass is 350 g/mol. The summed E-state index contributed by atoms with van der Waals surface area (Å²) in [6, 6.07) is 5.41. The lowest BCUT2D eigenvalue weighted by atomic mass is 10.1. The van der Waals surface area contributed by atoms with Gasteiger partial charge in [0, 0.05) is 35.2 Å². The first-order valence-corrected chi connectivity index (χ1v) is 7.79. The minimum absolute atomic E-state index is 0.186. The van der Waals surface area contributed by atoms with E-state index in [1.54, 1.807) is 18.0 Å². The number of hydrogen-bond donors (Lipinski definition) is 1. The normalized spacial score (nSPS) is 12.4. The Morgan fingerprint density at radius 2 is 2.14 bits per heavy atom. The van der Waals surface area contributed by atoms with Gasteiger partial charge in [0.1, 0.15) is 5.56 Å². The molecule has 0 saturated carbocycles. The molecule has 0 fully saturated rings. The lowest BCUT2D eigenvalue weighted by molar-refractivity contribution is 0.0773. The summed E-state index contributed by atoms with van der Waals surface area (Å²) < 4.78 is 0.818. The summed E-state index contributed by atoms with van der Waals surface area (Å²) in [7, 11) is 1.74. The third-order valence-electron chi connectivity index (χ3n) is 3.70. The number of carbonyl (C=O) groups is 1. The zero-order valence-corrected chi connectivity index (χ0v) is 14.0. The number of amides is 1. The van der Waals surface area contributed by atoms with Crippen molar-refractivity contribution >= 4 is 32.7 Å². The molecule has 1 aromatic carbocycles. The van der Waals surface area contributed by atoms with E-state index < -0.39 is 0 Å². The average molecular weight is 351 g/mol. The predicted octanol–water partition coefficient (Wildman–Crippen LogP) is 3.41. The van der Waals surface area contributed by atoms with E-state index >= 15 is 0 Å². The molecule has 1 N–H and O–H groups in total. The smallest absolute Gasteiger partial charge is 0.259 e. The minimum Gasteiger partial charge on any atom is -0.360 e. The highest BCUT2D eigenvalue weighted by atomic mass is 79.9. The number of rotatable bonds is 4. The molecular formula is C16H19BrN2O2. The summed E-state index contributed by atoms with van der Waals surface area (Å²) in [6.45, 7) is 4.82. The number of benzene rings is 1. The van der Waals surface area contributed by atoms with Crippen molar-refractivity contribution in [3.63, 3.8) is 0 Å². The number of halogens is 1. The molecule has 0 radical (unpaired) electrons. The van der Waals surface area contributed by atoms with Gasteiger partial charge in [0.25, 0.3) is 5.91 Å². The Balaban J connectivity index is 2.40. The molecule has 0 aliphatic heterocycles. The van der Waals surface area contributed by atoms with Crippen LogP contribution in [0.5, 0.6) is 0 Å². The Kier molecular flexibility index (Phi) is 4.83. The summed E-state index contributed by atoms with van der Waals surface area (Å²) >= 11 is 3.35. The van der Waals surface area contributed by atoms with Crippen molar-refractivity contribution in [3.05, 3.63) is 44.7 Å². The van der Waals surface area contributed by atoms with E-state index in [2.05, 4.69) is 34.8 Å². The quantitative estimate of drug-likeness (QED) is 0.918. The third kappa shape index (κ3) is 3.35. The van der Waals surface area contributed by atoms with E-state index in [1.165, 1.54) is 6.20 Å². The fourth-order valence-electron chi connectivity index (χ4n) is 2.23. The van der Waals surface area contributed by atoms with Gasteiger partial charge in [-0.2, -0.15) is 0 Å². The second kappa shape index (κ2) is 6.43. The van der Waals surface area contributed by atoms with Gasteiger partial charge >= 0.3 is 0 Å². The van der Waals surface area contributed by atoms with E-state index in [4.69, 9.17) is 0 Å². The van der Waals surface area contributed by atoms with Crippen LogP contribution in [0.2, 0.25) is 0 Å². The molecule has 1 atom stereocenters. The van der Waals surface area contributed by atoms with Crippen molar-refractivity contribution in [1.82, 2.24) is 9.88 Å². The molecule has 0 bridgehead atoms. The lowest BCUT2D eigenvalue weighted by Crippen LogP contribution is -2.34. The van der Waals surface area contributed by atoms with Crippen LogP contribution < -0.4 is 5.43 Å². The van der Waals surface area contributed by atoms with E-state index in [0.29, 0.717) is 17.8 Å². The van der Waals surface area contributed by atoms with E-state index in [-0.39, 0.29) is 16.9 Å². The Morgan fingerprint density at radius 3 is 2.81 bits per heavy atom. The fourth-order valence-corrected chi connectivity index (χ4v) is 2.60. The van der Waals surface area contributed by atoms with E-state index in [1.807, 2.05) is 12.1 Å². The maximum Gasteiger partial charge on any atom is 0.259 e. The maximum absolute atomic E-state index is 12.5.